The molecule has 3 heteroatoms. The Hall–Kier alpha value is -2.94. The van der Waals surface area contributed by atoms with E-state index in [1.165, 1.54) is 23.1 Å². The van der Waals surface area contributed by atoms with Crippen LogP contribution in [0, 0.1) is 5.82 Å². The Labute approximate surface area is 140 Å². The van der Waals surface area contributed by atoms with Crippen molar-refractivity contribution in [3.05, 3.63) is 90.1 Å². The number of H-pyrrole nitrogens is 1. The predicted octanol–water partition coefficient (Wildman–Crippen LogP) is 5.15. The molecular formula is C21H17FN2. The van der Waals surface area contributed by atoms with Crippen molar-refractivity contribution >= 4 is 10.9 Å². The summed E-state index contributed by atoms with van der Waals surface area (Å²) < 4.78 is 12.9. The lowest BCUT2D eigenvalue weighted by molar-refractivity contribution is 0.627. The summed E-state index contributed by atoms with van der Waals surface area (Å²) in [5.41, 5.74) is 5.59. The quantitative estimate of drug-likeness (QED) is 0.554. The number of fused-ring (bicyclic) bond motifs is 1. The fraction of sp³-hybridized carbons (Fsp3) is 0.0952. The lowest BCUT2D eigenvalue weighted by atomic mass is 10.0. The van der Waals surface area contributed by atoms with Gasteiger partial charge in [-0.3, -0.25) is 4.98 Å². The van der Waals surface area contributed by atoms with Gasteiger partial charge in [-0.15, -0.1) is 0 Å². The van der Waals surface area contributed by atoms with Gasteiger partial charge in [0.25, 0.3) is 0 Å². The lowest BCUT2D eigenvalue weighted by Crippen LogP contribution is -1.94. The predicted molar refractivity (Wildman–Crippen MR) is 95.3 cm³/mol. The number of rotatable bonds is 4. The van der Waals surface area contributed by atoms with E-state index in [9.17, 15) is 4.39 Å². The van der Waals surface area contributed by atoms with Crippen molar-refractivity contribution in [3.8, 4) is 11.1 Å². The van der Waals surface area contributed by atoms with Crippen LogP contribution in [-0.2, 0) is 12.8 Å². The van der Waals surface area contributed by atoms with Crippen LogP contribution in [0.4, 0.5) is 4.39 Å². The van der Waals surface area contributed by atoms with E-state index in [1.807, 2.05) is 24.5 Å². The highest BCUT2D eigenvalue weighted by Crippen LogP contribution is 2.23. The molecule has 4 aromatic rings. The second kappa shape index (κ2) is 6.28. The second-order valence-corrected chi connectivity index (χ2v) is 5.94. The zero-order chi connectivity index (χ0) is 16.4. The second-order valence-electron chi connectivity index (χ2n) is 5.94. The normalized spacial score (nSPS) is 11.0. The zero-order valence-electron chi connectivity index (χ0n) is 13.2. The summed E-state index contributed by atoms with van der Waals surface area (Å²) in [6.45, 7) is 0. The van der Waals surface area contributed by atoms with E-state index in [0.29, 0.717) is 0 Å². The van der Waals surface area contributed by atoms with E-state index < -0.39 is 0 Å². The zero-order valence-corrected chi connectivity index (χ0v) is 13.2. The molecule has 0 spiro atoms. The molecule has 0 radical (unpaired) electrons. The fourth-order valence-electron chi connectivity index (χ4n) is 2.90. The molecule has 0 unspecified atom stereocenters. The molecule has 0 amide bonds. The standard InChI is InChI=1S/C21H17FN2/c22-19-6-1-15(2-7-19)3-8-20-9-4-18(14-24-20)16-5-10-21-17(13-16)11-12-23-21/h1-2,4-7,9-14,23H,3,8H2. The molecule has 2 nitrogen and oxygen atoms in total. The van der Waals surface area contributed by atoms with Crippen molar-refractivity contribution in [1.82, 2.24) is 9.97 Å². The van der Waals surface area contributed by atoms with Crippen LogP contribution in [0.25, 0.3) is 22.0 Å². The number of halogens is 1. The Kier molecular flexibility index (Phi) is 3.83. The van der Waals surface area contributed by atoms with Crippen LogP contribution in [0.5, 0.6) is 0 Å². The third-order valence-electron chi connectivity index (χ3n) is 4.29. The van der Waals surface area contributed by atoms with E-state index in [-0.39, 0.29) is 5.82 Å². The van der Waals surface area contributed by atoms with E-state index in [2.05, 4.69) is 46.4 Å². The van der Waals surface area contributed by atoms with Crippen LogP contribution in [0.15, 0.2) is 73.1 Å². The SMILES string of the molecule is Fc1ccc(CCc2ccc(-c3ccc4[nH]ccc4c3)cn2)cc1. The van der Waals surface area contributed by atoms with Gasteiger partial charge in [0.1, 0.15) is 5.82 Å². The average Bonchev–Trinajstić information content (AvgIpc) is 3.09. The number of nitrogens with one attached hydrogen (secondary N) is 1. The highest BCUT2D eigenvalue weighted by molar-refractivity contribution is 5.84. The Balaban J connectivity index is 1.48. The molecule has 0 aliphatic carbocycles. The molecule has 2 heterocycles. The van der Waals surface area contributed by atoms with Crippen molar-refractivity contribution in [3.63, 3.8) is 0 Å². The monoisotopic (exact) mass is 316 g/mol. The van der Waals surface area contributed by atoms with Crippen LogP contribution in [-0.4, -0.2) is 9.97 Å². The molecule has 0 aliphatic heterocycles. The van der Waals surface area contributed by atoms with Crippen LogP contribution < -0.4 is 0 Å². The summed E-state index contributed by atoms with van der Waals surface area (Å²) in [5.74, 6) is -0.194. The van der Waals surface area contributed by atoms with Gasteiger partial charge < -0.3 is 4.98 Å². The van der Waals surface area contributed by atoms with Gasteiger partial charge in [-0.25, -0.2) is 4.39 Å². The number of hydrogen-bond acceptors (Lipinski definition) is 1. The summed E-state index contributed by atoms with van der Waals surface area (Å²) in [6, 6.07) is 19.3. The maximum atomic E-state index is 12.9. The minimum atomic E-state index is -0.194. The highest BCUT2D eigenvalue weighted by atomic mass is 19.1. The fourth-order valence-corrected chi connectivity index (χ4v) is 2.90. The van der Waals surface area contributed by atoms with Crippen molar-refractivity contribution in [2.75, 3.05) is 0 Å². The molecule has 0 aliphatic rings. The third-order valence-corrected chi connectivity index (χ3v) is 4.29. The largest absolute Gasteiger partial charge is 0.361 e. The number of pyridine rings is 1. The first-order valence-corrected chi connectivity index (χ1v) is 8.05. The Morgan fingerprint density at radius 3 is 2.46 bits per heavy atom. The molecular weight excluding hydrogens is 299 g/mol. The molecule has 0 saturated heterocycles. The van der Waals surface area contributed by atoms with Gasteiger partial charge in [-0.2, -0.15) is 0 Å². The van der Waals surface area contributed by atoms with E-state index in [1.54, 1.807) is 0 Å². The smallest absolute Gasteiger partial charge is 0.123 e. The van der Waals surface area contributed by atoms with E-state index in [4.69, 9.17) is 0 Å². The minimum Gasteiger partial charge on any atom is -0.361 e. The number of aromatic amines is 1. The van der Waals surface area contributed by atoms with Gasteiger partial charge in [0, 0.05) is 29.2 Å². The van der Waals surface area contributed by atoms with Crippen LogP contribution in [0.3, 0.4) is 0 Å². The number of aryl methyl sites for hydroxylation is 2. The van der Waals surface area contributed by atoms with Gasteiger partial charge in [-0.05, 0) is 65.8 Å². The third kappa shape index (κ3) is 3.06. The summed E-state index contributed by atoms with van der Waals surface area (Å²) >= 11 is 0. The molecule has 0 bridgehead atoms. The van der Waals surface area contributed by atoms with Crippen molar-refractivity contribution in [2.45, 2.75) is 12.8 Å². The lowest BCUT2D eigenvalue weighted by Gasteiger charge is -2.05. The average molecular weight is 316 g/mol. The van der Waals surface area contributed by atoms with Crippen molar-refractivity contribution < 1.29 is 4.39 Å². The van der Waals surface area contributed by atoms with Gasteiger partial charge in [0.15, 0.2) is 0 Å². The van der Waals surface area contributed by atoms with Crippen LogP contribution in [0.2, 0.25) is 0 Å². The van der Waals surface area contributed by atoms with Crippen molar-refractivity contribution in [1.29, 1.82) is 0 Å². The first-order chi connectivity index (χ1) is 11.8. The van der Waals surface area contributed by atoms with E-state index >= 15 is 0 Å². The summed E-state index contributed by atoms with van der Waals surface area (Å²) in [7, 11) is 0. The molecule has 4 rings (SSSR count). The molecule has 0 saturated carbocycles. The van der Waals surface area contributed by atoms with Gasteiger partial charge in [0.2, 0.25) is 0 Å². The summed E-state index contributed by atoms with van der Waals surface area (Å²) in [4.78, 5) is 7.78. The minimum absolute atomic E-state index is 0.194. The molecule has 118 valence electrons. The number of hydrogen-bond donors (Lipinski definition) is 1. The first kappa shape index (κ1) is 14.6. The number of nitrogens with zero attached hydrogens (tertiary/aromatic N) is 1. The molecule has 0 atom stereocenters. The van der Waals surface area contributed by atoms with Crippen LogP contribution in [0.1, 0.15) is 11.3 Å². The maximum absolute atomic E-state index is 12.9. The van der Waals surface area contributed by atoms with E-state index in [0.717, 1.165) is 35.2 Å². The number of aromatic nitrogens is 2. The highest BCUT2D eigenvalue weighted by Gasteiger charge is 2.03. The molecule has 2 aromatic heterocycles. The Bertz CT molecular complexity index is 953. The molecule has 0 fully saturated rings. The molecule has 2 aromatic carbocycles. The molecule has 1 N–H and O–H groups in total. The molecule has 24 heavy (non-hydrogen) atoms. The maximum Gasteiger partial charge on any atom is 0.123 e. The topological polar surface area (TPSA) is 28.7 Å². The Morgan fingerprint density at radius 1 is 0.833 bits per heavy atom. The van der Waals surface area contributed by atoms with Gasteiger partial charge in [-0.1, -0.05) is 24.3 Å². The Morgan fingerprint density at radius 2 is 1.67 bits per heavy atom. The van der Waals surface area contributed by atoms with Gasteiger partial charge in [0.05, 0.1) is 0 Å². The van der Waals surface area contributed by atoms with Crippen molar-refractivity contribution in [2.24, 2.45) is 0 Å². The first-order valence-electron chi connectivity index (χ1n) is 8.05. The summed E-state index contributed by atoms with van der Waals surface area (Å²) in [5, 5.41) is 1.20. The van der Waals surface area contributed by atoms with Crippen LogP contribution >= 0.6 is 0 Å². The van der Waals surface area contributed by atoms with Gasteiger partial charge >= 0.3 is 0 Å². The summed E-state index contributed by atoms with van der Waals surface area (Å²) in [6.07, 6.45) is 5.59. The number of benzene rings is 2.